The predicted molar refractivity (Wildman–Crippen MR) is 118 cm³/mol. The van der Waals surface area contributed by atoms with Gasteiger partial charge >= 0.3 is 0 Å². The first-order valence-corrected chi connectivity index (χ1v) is 12.9. The fraction of sp³-hybridized carbons (Fsp3) is 0.632. The van der Waals surface area contributed by atoms with Crippen LogP contribution in [0.2, 0.25) is 0 Å². The number of amides is 1. The Labute approximate surface area is 190 Å². The molecule has 11 nitrogen and oxygen atoms in total. The molecular weight excluding hydrogens is 458 g/mol. The van der Waals surface area contributed by atoms with Crippen LogP contribution in [0.5, 0.6) is 0 Å². The Morgan fingerprint density at radius 3 is 2.62 bits per heavy atom. The first-order valence-electron chi connectivity index (χ1n) is 10.6. The largest absolute Gasteiger partial charge is 0.379 e. The lowest BCUT2D eigenvalue weighted by Gasteiger charge is -2.26. The normalized spacial score (nSPS) is 18.8. The van der Waals surface area contributed by atoms with Gasteiger partial charge < -0.3 is 19.7 Å². The molecule has 2 aromatic heterocycles. The van der Waals surface area contributed by atoms with Crippen molar-refractivity contribution in [2.75, 3.05) is 65.7 Å². The topological polar surface area (TPSA) is 124 Å². The third kappa shape index (κ3) is 4.87. The van der Waals surface area contributed by atoms with Crippen LogP contribution >= 0.6 is 11.3 Å². The number of sulfonamides is 1. The van der Waals surface area contributed by atoms with Crippen LogP contribution in [-0.4, -0.2) is 93.9 Å². The summed E-state index contributed by atoms with van der Waals surface area (Å²) in [4.78, 5) is 32.1. The lowest BCUT2D eigenvalue weighted by Crippen LogP contribution is -3.14. The van der Waals surface area contributed by atoms with E-state index in [0.717, 1.165) is 32.8 Å². The molecule has 0 saturated carbocycles. The Morgan fingerprint density at radius 1 is 1.22 bits per heavy atom. The Balaban J connectivity index is 1.52. The highest BCUT2D eigenvalue weighted by molar-refractivity contribution is 7.89. The maximum atomic E-state index is 13.3. The van der Waals surface area contributed by atoms with E-state index in [0.29, 0.717) is 29.5 Å². The summed E-state index contributed by atoms with van der Waals surface area (Å²) in [5.41, 5.74) is -0.528. The number of thiophene rings is 1. The van der Waals surface area contributed by atoms with Gasteiger partial charge in [0.1, 0.15) is 29.4 Å². The van der Waals surface area contributed by atoms with E-state index in [-0.39, 0.29) is 35.8 Å². The quantitative estimate of drug-likeness (QED) is 0.456. The van der Waals surface area contributed by atoms with Gasteiger partial charge in [-0.25, -0.2) is 13.4 Å². The Bertz CT molecular complexity index is 1130. The van der Waals surface area contributed by atoms with E-state index >= 15 is 0 Å². The summed E-state index contributed by atoms with van der Waals surface area (Å²) in [5.74, 6) is -0.314. The van der Waals surface area contributed by atoms with E-state index in [1.54, 1.807) is 6.92 Å². The molecule has 2 aliphatic heterocycles. The minimum Gasteiger partial charge on any atom is -0.379 e. The van der Waals surface area contributed by atoms with Crippen molar-refractivity contribution in [2.24, 2.45) is 0 Å². The molecule has 176 valence electrons. The molecule has 13 heteroatoms. The number of nitrogens with zero attached hydrogens (tertiary/aromatic N) is 3. The predicted octanol–water partition coefficient (Wildman–Crippen LogP) is -2.18. The van der Waals surface area contributed by atoms with Crippen LogP contribution in [0, 0.1) is 6.92 Å². The second-order valence-corrected chi connectivity index (χ2v) is 10.9. The SMILES string of the molecule is Cc1sc2ncn(CC(=O)NCC[NH+]3CCOCC3)c(=O)c2c1S(=O)(=O)N1CCOCC1. The van der Waals surface area contributed by atoms with Crippen molar-refractivity contribution in [3.8, 4) is 0 Å². The average Bonchev–Trinajstić information content (AvgIpc) is 3.14. The first-order chi connectivity index (χ1) is 15.4. The number of rotatable bonds is 7. The number of nitrogens with one attached hydrogen (secondary N) is 2. The standard InChI is InChI=1S/C19H27N5O6S2/c1-14-17(32(27,28)24-6-10-30-11-7-24)16-18(31-14)21-13-23(19(16)26)12-15(25)20-2-3-22-4-8-29-9-5-22/h13H,2-12H2,1H3,(H,20,25)/p+1. The highest BCUT2D eigenvalue weighted by Gasteiger charge is 2.32. The molecule has 2 aromatic rings. The lowest BCUT2D eigenvalue weighted by molar-refractivity contribution is -0.906. The molecule has 2 aliphatic rings. The van der Waals surface area contributed by atoms with Gasteiger partial charge in [-0.15, -0.1) is 11.3 Å². The summed E-state index contributed by atoms with van der Waals surface area (Å²) in [7, 11) is -3.87. The number of morpholine rings is 2. The van der Waals surface area contributed by atoms with Gasteiger partial charge in [0.05, 0.1) is 51.2 Å². The fourth-order valence-corrected chi connectivity index (χ4v) is 7.03. The zero-order valence-electron chi connectivity index (χ0n) is 18.0. The zero-order valence-corrected chi connectivity index (χ0v) is 19.6. The number of quaternary nitrogens is 1. The van der Waals surface area contributed by atoms with E-state index in [2.05, 4.69) is 10.3 Å². The molecular formula is C19H28N5O6S2+. The molecule has 0 atom stereocenters. The molecule has 0 spiro atoms. The van der Waals surface area contributed by atoms with Crippen molar-refractivity contribution in [2.45, 2.75) is 18.4 Å². The van der Waals surface area contributed by atoms with E-state index in [1.807, 2.05) is 0 Å². The highest BCUT2D eigenvalue weighted by Crippen LogP contribution is 2.33. The minimum atomic E-state index is -3.87. The Hall–Kier alpha value is -1.90. The molecule has 2 saturated heterocycles. The van der Waals surface area contributed by atoms with Gasteiger partial charge in [-0.3, -0.25) is 14.2 Å². The molecule has 0 aromatic carbocycles. The summed E-state index contributed by atoms with van der Waals surface area (Å²) in [6.45, 7) is 7.10. The summed E-state index contributed by atoms with van der Waals surface area (Å²) in [5, 5.41) is 2.88. The molecule has 0 radical (unpaired) electrons. The monoisotopic (exact) mass is 486 g/mol. The number of aromatic nitrogens is 2. The Morgan fingerprint density at radius 2 is 1.91 bits per heavy atom. The van der Waals surface area contributed by atoms with Crippen LogP contribution in [0.15, 0.2) is 16.0 Å². The Kier molecular flexibility index (Phi) is 7.22. The van der Waals surface area contributed by atoms with Gasteiger partial charge in [-0.05, 0) is 6.92 Å². The summed E-state index contributed by atoms with van der Waals surface area (Å²) >= 11 is 1.17. The molecule has 1 amide bonds. The van der Waals surface area contributed by atoms with Crippen molar-refractivity contribution < 1.29 is 27.6 Å². The number of fused-ring (bicyclic) bond motifs is 1. The van der Waals surface area contributed by atoms with Crippen LogP contribution in [-0.2, 0) is 30.8 Å². The van der Waals surface area contributed by atoms with E-state index in [1.165, 1.54) is 31.4 Å². The second kappa shape index (κ2) is 9.93. The van der Waals surface area contributed by atoms with Crippen molar-refractivity contribution >= 4 is 37.5 Å². The molecule has 0 bridgehead atoms. The molecule has 32 heavy (non-hydrogen) atoms. The number of ether oxygens (including phenoxy) is 2. The summed E-state index contributed by atoms with van der Waals surface area (Å²) in [6, 6.07) is 0. The van der Waals surface area contributed by atoms with Crippen molar-refractivity contribution in [3.05, 3.63) is 21.6 Å². The molecule has 4 heterocycles. The van der Waals surface area contributed by atoms with Crippen LogP contribution < -0.4 is 15.8 Å². The molecule has 4 rings (SSSR count). The van der Waals surface area contributed by atoms with Gasteiger partial charge in [0.2, 0.25) is 15.9 Å². The van der Waals surface area contributed by atoms with Gasteiger partial charge in [0.15, 0.2) is 0 Å². The zero-order chi connectivity index (χ0) is 22.7. The molecule has 0 aliphatic carbocycles. The molecule has 0 unspecified atom stereocenters. The van der Waals surface area contributed by atoms with Crippen molar-refractivity contribution in [3.63, 3.8) is 0 Å². The van der Waals surface area contributed by atoms with Crippen LogP contribution in [0.4, 0.5) is 0 Å². The minimum absolute atomic E-state index is 0.0115. The third-order valence-corrected chi connectivity index (χ3v) is 8.90. The van der Waals surface area contributed by atoms with Crippen LogP contribution in [0.3, 0.4) is 0 Å². The van der Waals surface area contributed by atoms with Crippen LogP contribution in [0.1, 0.15) is 4.88 Å². The number of carbonyl (C=O) groups is 1. The number of aryl methyl sites for hydroxylation is 1. The maximum Gasteiger partial charge on any atom is 0.263 e. The number of hydrogen-bond donors (Lipinski definition) is 2. The van der Waals surface area contributed by atoms with Crippen molar-refractivity contribution in [1.29, 1.82) is 0 Å². The highest BCUT2D eigenvalue weighted by atomic mass is 32.2. The third-order valence-electron chi connectivity index (χ3n) is 5.68. The van der Waals surface area contributed by atoms with E-state index in [9.17, 15) is 18.0 Å². The number of carbonyl (C=O) groups excluding carboxylic acids is 1. The smallest absolute Gasteiger partial charge is 0.263 e. The molecule has 2 N–H and O–H groups in total. The average molecular weight is 487 g/mol. The second-order valence-electron chi connectivity index (χ2n) is 7.82. The number of hydrogen-bond acceptors (Lipinski definition) is 8. The van der Waals surface area contributed by atoms with E-state index in [4.69, 9.17) is 9.47 Å². The fourth-order valence-electron chi connectivity index (χ4n) is 3.95. The van der Waals surface area contributed by atoms with E-state index < -0.39 is 15.6 Å². The summed E-state index contributed by atoms with van der Waals surface area (Å²) in [6.07, 6.45) is 1.30. The maximum absolute atomic E-state index is 13.3. The van der Waals surface area contributed by atoms with Gasteiger partial charge in [0, 0.05) is 18.0 Å². The lowest BCUT2D eigenvalue weighted by atomic mass is 10.3. The first kappa shape index (κ1) is 23.3. The van der Waals surface area contributed by atoms with Crippen molar-refractivity contribution in [1.82, 2.24) is 19.2 Å². The molecule has 2 fully saturated rings. The van der Waals surface area contributed by atoms with Crippen LogP contribution in [0.25, 0.3) is 10.2 Å². The summed E-state index contributed by atoms with van der Waals surface area (Å²) < 4.78 is 39.6. The van der Waals surface area contributed by atoms with Gasteiger partial charge in [-0.2, -0.15) is 4.31 Å². The van der Waals surface area contributed by atoms with Gasteiger partial charge in [-0.1, -0.05) is 0 Å². The van der Waals surface area contributed by atoms with Gasteiger partial charge in [0.25, 0.3) is 5.56 Å².